The maximum atomic E-state index is 11.9. The average Bonchev–Trinajstić information content (AvgIpc) is 2.43. The Labute approximate surface area is 135 Å². The molecular weight excluding hydrogens is 322 g/mol. The lowest BCUT2D eigenvalue weighted by Crippen LogP contribution is -2.40. The van der Waals surface area contributed by atoms with Gasteiger partial charge in [0.1, 0.15) is 6.54 Å². The molecule has 1 aromatic carbocycles. The summed E-state index contributed by atoms with van der Waals surface area (Å²) in [5.41, 5.74) is -0.155. The number of sulfonamides is 1. The average molecular weight is 343 g/mol. The van der Waals surface area contributed by atoms with Gasteiger partial charge in [0.25, 0.3) is 5.69 Å². The molecule has 0 saturated carbocycles. The first-order valence-corrected chi connectivity index (χ1v) is 8.95. The number of nitro benzene ring substituents is 1. The lowest BCUT2D eigenvalue weighted by atomic mass is 10.1. The third-order valence-electron chi connectivity index (χ3n) is 3.06. The van der Waals surface area contributed by atoms with E-state index in [4.69, 9.17) is 0 Å². The van der Waals surface area contributed by atoms with Crippen LogP contribution in [0.1, 0.15) is 20.3 Å². The van der Waals surface area contributed by atoms with Gasteiger partial charge in [-0.05, 0) is 18.4 Å². The fourth-order valence-corrected chi connectivity index (χ4v) is 2.70. The van der Waals surface area contributed by atoms with Crippen molar-refractivity contribution in [3.8, 4) is 0 Å². The van der Waals surface area contributed by atoms with Crippen molar-refractivity contribution < 1.29 is 18.1 Å². The molecule has 0 aliphatic heterocycles. The lowest BCUT2D eigenvalue weighted by molar-refractivity contribution is -0.384. The van der Waals surface area contributed by atoms with E-state index in [9.17, 15) is 23.3 Å². The molecule has 0 saturated heterocycles. The summed E-state index contributed by atoms with van der Waals surface area (Å²) < 4.78 is 24.7. The molecular formula is C14H21N3O5S. The second-order valence-electron chi connectivity index (χ2n) is 5.58. The molecule has 1 rings (SSSR count). The highest BCUT2D eigenvalue weighted by molar-refractivity contribution is 7.92. The third-order valence-corrected chi connectivity index (χ3v) is 4.20. The molecule has 0 bridgehead atoms. The van der Waals surface area contributed by atoms with Gasteiger partial charge in [0, 0.05) is 18.7 Å². The van der Waals surface area contributed by atoms with E-state index >= 15 is 0 Å². The quantitative estimate of drug-likeness (QED) is 0.568. The first-order valence-electron chi connectivity index (χ1n) is 7.10. The van der Waals surface area contributed by atoms with E-state index in [1.165, 1.54) is 18.2 Å². The molecule has 1 aromatic rings. The van der Waals surface area contributed by atoms with Crippen LogP contribution in [0, 0.1) is 16.0 Å². The first kappa shape index (κ1) is 18.9. The van der Waals surface area contributed by atoms with Crippen molar-refractivity contribution >= 4 is 27.3 Å². The van der Waals surface area contributed by atoms with E-state index < -0.39 is 27.4 Å². The number of nitrogens with one attached hydrogen (secondary N) is 1. The highest BCUT2D eigenvalue weighted by Crippen LogP contribution is 2.22. The van der Waals surface area contributed by atoms with Crippen molar-refractivity contribution in [1.82, 2.24) is 5.32 Å². The summed E-state index contributed by atoms with van der Waals surface area (Å²) in [6, 6.07) is 5.17. The van der Waals surface area contributed by atoms with E-state index in [1.54, 1.807) is 0 Å². The van der Waals surface area contributed by atoms with Gasteiger partial charge < -0.3 is 5.32 Å². The Kier molecular flexibility index (Phi) is 6.49. The van der Waals surface area contributed by atoms with Crippen molar-refractivity contribution in [2.45, 2.75) is 20.3 Å². The number of nitro groups is 1. The predicted molar refractivity (Wildman–Crippen MR) is 87.8 cm³/mol. The van der Waals surface area contributed by atoms with Crippen LogP contribution in [0.4, 0.5) is 11.4 Å². The van der Waals surface area contributed by atoms with Crippen LogP contribution in [-0.4, -0.2) is 38.6 Å². The molecule has 0 aliphatic rings. The van der Waals surface area contributed by atoms with E-state index in [0.29, 0.717) is 12.5 Å². The van der Waals surface area contributed by atoms with Crippen LogP contribution < -0.4 is 9.62 Å². The van der Waals surface area contributed by atoms with Crippen LogP contribution in [0.3, 0.4) is 0 Å². The number of non-ortho nitro benzene ring substituents is 1. The van der Waals surface area contributed by atoms with Gasteiger partial charge in [-0.1, -0.05) is 19.9 Å². The van der Waals surface area contributed by atoms with Crippen LogP contribution >= 0.6 is 0 Å². The Balaban J connectivity index is 2.92. The molecule has 0 fully saturated rings. The van der Waals surface area contributed by atoms with Crippen LogP contribution in [0.5, 0.6) is 0 Å². The number of anilines is 1. The van der Waals surface area contributed by atoms with Crippen molar-refractivity contribution in [3.05, 3.63) is 34.4 Å². The van der Waals surface area contributed by atoms with E-state index in [1.807, 2.05) is 13.8 Å². The summed E-state index contributed by atoms with van der Waals surface area (Å²) in [6.07, 6.45) is 1.73. The van der Waals surface area contributed by atoms with Gasteiger partial charge in [0.15, 0.2) is 0 Å². The molecule has 1 N–H and O–H groups in total. The smallest absolute Gasteiger partial charge is 0.271 e. The maximum Gasteiger partial charge on any atom is 0.271 e. The van der Waals surface area contributed by atoms with Crippen molar-refractivity contribution in [2.75, 3.05) is 23.7 Å². The minimum absolute atomic E-state index is 0.0840. The second-order valence-corrected chi connectivity index (χ2v) is 7.49. The van der Waals surface area contributed by atoms with Gasteiger partial charge in [-0.15, -0.1) is 0 Å². The molecule has 128 valence electrons. The molecule has 9 heteroatoms. The molecule has 0 heterocycles. The number of benzene rings is 1. The Hall–Kier alpha value is -2.16. The van der Waals surface area contributed by atoms with Gasteiger partial charge >= 0.3 is 0 Å². The normalized spacial score (nSPS) is 11.3. The monoisotopic (exact) mass is 343 g/mol. The maximum absolute atomic E-state index is 11.9. The van der Waals surface area contributed by atoms with E-state index in [0.717, 1.165) is 23.0 Å². The summed E-state index contributed by atoms with van der Waals surface area (Å²) in [6.45, 7) is 4.05. The van der Waals surface area contributed by atoms with Crippen molar-refractivity contribution in [2.24, 2.45) is 5.92 Å². The van der Waals surface area contributed by atoms with Crippen molar-refractivity contribution in [3.63, 3.8) is 0 Å². The number of hydrogen-bond acceptors (Lipinski definition) is 5. The van der Waals surface area contributed by atoms with Gasteiger partial charge in [0.2, 0.25) is 15.9 Å². The number of hydrogen-bond donors (Lipinski definition) is 1. The Morgan fingerprint density at radius 1 is 1.39 bits per heavy atom. The number of rotatable bonds is 8. The van der Waals surface area contributed by atoms with Crippen molar-refractivity contribution in [1.29, 1.82) is 0 Å². The minimum Gasteiger partial charge on any atom is -0.355 e. The van der Waals surface area contributed by atoms with Gasteiger partial charge in [-0.3, -0.25) is 19.2 Å². The Bertz CT molecular complexity index is 673. The zero-order valence-electron chi connectivity index (χ0n) is 13.4. The lowest BCUT2D eigenvalue weighted by Gasteiger charge is -2.21. The zero-order valence-corrected chi connectivity index (χ0v) is 14.2. The molecule has 0 aromatic heterocycles. The fourth-order valence-electron chi connectivity index (χ4n) is 1.85. The molecule has 8 nitrogen and oxygen atoms in total. The summed E-state index contributed by atoms with van der Waals surface area (Å²) in [5, 5.41) is 13.5. The largest absolute Gasteiger partial charge is 0.355 e. The standard InChI is InChI=1S/C14H21N3O5S/c1-11(2)7-8-15-14(18)10-16(23(3,21)22)12-5-4-6-13(9-12)17(19)20/h4-6,9,11H,7-8,10H2,1-3H3,(H,15,18). The molecule has 23 heavy (non-hydrogen) atoms. The molecule has 0 spiro atoms. The summed E-state index contributed by atoms with van der Waals surface area (Å²) in [4.78, 5) is 22.1. The van der Waals surface area contributed by atoms with Gasteiger partial charge in [-0.2, -0.15) is 0 Å². The number of nitrogens with zero attached hydrogens (tertiary/aromatic N) is 2. The molecule has 0 unspecified atom stereocenters. The predicted octanol–water partition coefficient (Wildman–Crippen LogP) is 1.52. The Morgan fingerprint density at radius 3 is 2.57 bits per heavy atom. The molecule has 0 aliphatic carbocycles. The zero-order chi connectivity index (χ0) is 17.6. The molecule has 0 radical (unpaired) electrons. The highest BCUT2D eigenvalue weighted by Gasteiger charge is 2.22. The Morgan fingerprint density at radius 2 is 2.04 bits per heavy atom. The molecule has 0 atom stereocenters. The van der Waals surface area contributed by atoms with Gasteiger partial charge in [-0.25, -0.2) is 8.42 Å². The first-order chi connectivity index (χ1) is 10.6. The second kappa shape index (κ2) is 7.91. The number of amides is 1. The molecule has 1 amide bonds. The number of carbonyl (C=O) groups is 1. The van der Waals surface area contributed by atoms with Crippen LogP contribution in [0.15, 0.2) is 24.3 Å². The van der Waals surface area contributed by atoms with Crippen LogP contribution in [0.25, 0.3) is 0 Å². The van der Waals surface area contributed by atoms with Crippen LogP contribution in [-0.2, 0) is 14.8 Å². The van der Waals surface area contributed by atoms with E-state index in [2.05, 4.69) is 5.32 Å². The SMILES string of the molecule is CC(C)CCNC(=O)CN(c1cccc([N+](=O)[O-])c1)S(C)(=O)=O. The minimum atomic E-state index is -3.75. The van der Waals surface area contributed by atoms with Crippen LogP contribution in [0.2, 0.25) is 0 Å². The fraction of sp³-hybridized carbons (Fsp3) is 0.500. The highest BCUT2D eigenvalue weighted by atomic mass is 32.2. The number of carbonyl (C=O) groups excluding carboxylic acids is 1. The summed E-state index contributed by atoms with van der Waals surface area (Å²) in [7, 11) is -3.75. The summed E-state index contributed by atoms with van der Waals surface area (Å²) >= 11 is 0. The third kappa shape index (κ3) is 6.23. The topological polar surface area (TPSA) is 110 Å². The van der Waals surface area contributed by atoms with Gasteiger partial charge in [0.05, 0.1) is 16.9 Å². The van der Waals surface area contributed by atoms with E-state index in [-0.39, 0.29) is 11.4 Å². The summed E-state index contributed by atoms with van der Waals surface area (Å²) in [5.74, 6) is -0.0411.